The van der Waals surface area contributed by atoms with Crippen molar-refractivity contribution in [3.63, 3.8) is 0 Å². The van der Waals surface area contributed by atoms with Crippen LogP contribution in [-0.4, -0.2) is 34.9 Å². The maximum absolute atomic E-state index is 12.5. The lowest BCUT2D eigenvalue weighted by Gasteiger charge is -2.19. The lowest BCUT2D eigenvalue weighted by Crippen LogP contribution is -2.45. The second-order valence-corrected chi connectivity index (χ2v) is 20.4. The van der Waals surface area contributed by atoms with Crippen molar-refractivity contribution in [1.82, 2.24) is 5.32 Å². The minimum Gasteiger partial charge on any atom is -0.394 e. The number of hydrogen-bond donors (Lipinski definition) is 3. The molecule has 2 unspecified atom stereocenters. The number of hydrogen-bond acceptors (Lipinski definition) is 3. The Kier molecular flexibility index (Phi) is 61.9. The summed E-state index contributed by atoms with van der Waals surface area (Å²) in [6, 6.07) is -0.685. The SMILES string of the molecule is CC/C=C\C/C=C\C/C=C\C/C=C\C/C=C\C/C=C\C/C=C\C/C=C\C/C=C\C/C=C\C/C=C\C/C=C\CCCCC(=O)NC(CO)C(O)/C=C/CC/C=C/CC/C=C/CCCCCCCCCCCCCCCCCC. The number of aliphatic hydroxyl groups excluding tert-OH is 2. The number of rotatable bonds is 55. The summed E-state index contributed by atoms with van der Waals surface area (Å²) in [6.07, 6.45) is 108. The summed E-state index contributed by atoms with van der Waals surface area (Å²) in [7, 11) is 0. The van der Waals surface area contributed by atoms with Gasteiger partial charge in [0.05, 0.1) is 18.8 Å². The average molecular weight is 1060 g/mol. The Morgan fingerprint density at radius 3 is 0.909 bits per heavy atom. The molecule has 0 radical (unpaired) electrons. The van der Waals surface area contributed by atoms with E-state index in [1.54, 1.807) is 6.08 Å². The van der Waals surface area contributed by atoms with E-state index in [4.69, 9.17) is 0 Å². The van der Waals surface area contributed by atoms with Crippen LogP contribution in [0.2, 0.25) is 0 Å². The van der Waals surface area contributed by atoms with Crippen molar-refractivity contribution in [3.8, 4) is 0 Å². The van der Waals surface area contributed by atoms with Crippen LogP contribution >= 0.6 is 0 Å². The summed E-state index contributed by atoms with van der Waals surface area (Å²) in [5.74, 6) is -0.127. The molecule has 0 aromatic rings. The zero-order valence-corrected chi connectivity index (χ0v) is 49.6. The van der Waals surface area contributed by atoms with E-state index < -0.39 is 12.1 Å². The van der Waals surface area contributed by atoms with Crippen molar-refractivity contribution in [2.75, 3.05) is 6.61 Å². The zero-order chi connectivity index (χ0) is 55.5. The molecule has 4 nitrogen and oxygen atoms in total. The van der Waals surface area contributed by atoms with E-state index in [1.807, 2.05) is 6.08 Å². The summed E-state index contributed by atoms with van der Waals surface area (Å²) in [5.41, 5.74) is 0. The number of carbonyl (C=O) groups excluding carboxylic acids is 1. The minimum absolute atomic E-state index is 0.127. The van der Waals surface area contributed by atoms with E-state index in [1.165, 1.54) is 109 Å². The Hall–Kier alpha value is -4.51. The van der Waals surface area contributed by atoms with Gasteiger partial charge in [-0.2, -0.15) is 0 Å². The molecule has 0 aliphatic carbocycles. The fraction of sp³-hybridized carbons (Fsp3) is 0.575. The zero-order valence-electron chi connectivity index (χ0n) is 49.6. The average Bonchev–Trinajstić information content (AvgIpc) is 3.43. The normalized spacial score (nSPS) is 14.1. The van der Waals surface area contributed by atoms with Crippen LogP contribution in [0.4, 0.5) is 0 Å². The first-order valence-electron chi connectivity index (χ1n) is 31.5. The molecule has 0 bridgehead atoms. The standard InChI is InChI=1S/C73H117NO3/c1-3-5-7-9-11-13-15-17-19-21-23-25-27-29-31-32-33-34-35-36-37-38-39-40-41-42-43-45-47-49-51-53-55-57-59-61-63-65-67-69-73(77)74-71(70-75)72(76)68-66-64-62-60-58-56-54-52-50-48-46-44-30-28-26-24-22-20-18-16-14-12-10-8-6-4-2/h5,7,11,13,17,19,23,25,29,31,33-34,36-37,39-40,42-43,47,49-50,52-53,55,58-61,66,68,71-72,75-76H,3-4,6,8-10,12,14-16,18,20-22,24,26-28,30,32,35,38,41,44-46,48,51,54,56-57,62-65,67,69-70H2,1-2H3,(H,74,77)/b7-5-,13-11-,19-17-,25-23-,31-29-,34-33-,37-36-,40-39-,43-42-,49-47-,52-50+,55-53-,60-58+,61-59-,68-66+. The Balaban J connectivity index is 3.75. The van der Waals surface area contributed by atoms with Gasteiger partial charge in [-0.3, -0.25) is 4.79 Å². The van der Waals surface area contributed by atoms with Crippen molar-refractivity contribution in [2.45, 2.75) is 264 Å². The lowest BCUT2D eigenvalue weighted by atomic mass is 10.0. The van der Waals surface area contributed by atoms with Crippen LogP contribution in [0.15, 0.2) is 182 Å². The molecule has 0 aliphatic rings. The topological polar surface area (TPSA) is 69.6 Å². The van der Waals surface area contributed by atoms with Crippen molar-refractivity contribution in [2.24, 2.45) is 0 Å². The Morgan fingerprint density at radius 1 is 0.325 bits per heavy atom. The lowest BCUT2D eigenvalue weighted by molar-refractivity contribution is -0.123. The summed E-state index contributed by atoms with van der Waals surface area (Å²) >= 11 is 0. The number of nitrogens with one attached hydrogen (secondary N) is 1. The third kappa shape index (κ3) is 62.2. The number of amides is 1. The molecule has 1 amide bonds. The molecule has 0 heterocycles. The van der Waals surface area contributed by atoms with E-state index in [0.717, 1.165) is 122 Å². The van der Waals surface area contributed by atoms with Crippen LogP contribution in [0.3, 0.4) is 0 Å². The number of carbonyl (C=O) groups is 1. The molecular weight excluding hydrogens is 939 g/mol. The van der Waals surface area contributed by atoms with Crippen LogP contribution in [0.5, 0.6) is 0 Å². The van der Waals surface area contributed by atoms with Gasteiger partial charge in [0, 0.05) is 6.42 Å². The fourth-order valence-corrected chi connectivity index (χ4v) is 8.37. The van der Waals surface area contributed by atoms with Crippen molar-refractivity contribution >= 4 is 5.91 Å². The smallest absolute Gasteiger partial charge is 0.220 e. The molecule has 0 saturated carbocycles. The number of aliphatic hydroxyl groups is 2. The van der Waals surface area contributed by atoms with Gasteiger partial charge in [-0.15, -0.1) is 0 Å². The van der Waals surface area contributed by atoms with Gasteiger partial charge in [0.1, 0.15) is 0 Å². The predicted molar refractivity (Wildman–Crippen MR) is 344 cm³/mol. The maximum atomic E-state index is 12.5. The van der Waals surface area contributed by atoms with Crippen molar-refractivity contribution in [3.05, 3.63) is 182 Å². The molecule has 3 N–H and O–H groups in total. The van der Waals surface area contributed by atoms with Crippen LogP contribution in [0.25, 0.3) is 0 Å². The first-order valence-corrected chi connectivity index (χ1v) is 31.5. The van der Waals surface area contributed by atoms with Crippen molar-refractivity contribution < 1.29 is 15.0 Å². The summed E-state index contributed by atoms with van der Waals surface area (Å²) in [5, 5.41) is 23.1. The first kappa shape index (κ1) is 72.5. The molecule has 0 aliphatic heterocycles. The fourth-order valence-electron chi connectivity index (χ4n) is 8.37. The molecule has 2 atom stereocenters. The molecular formula is C73H117NO3. The van der Waals surface area contributed by atoms with Gasteiger partial charge in [0.25, 0.3) is 0 Å². The highest BCUT2D eigenvalue weighted by Crippen LogP contribution is 2.15. The van der Waals surface area contributed by atoms with Gasteiger partial charge < -0.3 is 15.5 Å². The largest absolute Gasteiger partial charge is 0.394 e. The Bertz CT molecular complexity index is 1720. The van der Waals surface area contributed by atoms with E-state index in [9.17, 15) is 15.0 Å². The monoisotopic (exact) mass is 1060 g/mol. The first-order chi connectivity index (χ1) is 38.2. The molecule has 4 heteroatoms. The van der Waals surface area contributed by atoms with Crippen molar-refractivity contribution in [1.29, 1.82) is 0 Å². The van der Waals surface area contributed by atoms with Gasteiger partial charge in [-0.05, 0) is 135 Å². The summed E-state index contributed by atoms with van der Waals surface area (Å²) < 4.78 is 0. The van der Waals surface area contributed by atoms with E-state index in [0.29, 0.717) is 6.42 Å². The second kappa shape index (κ2) is 65.8. The molecule has 0 aromatic carbocycles. The van der Waals surface area contributed by atoms with Gasteiger partial charge >= 0.3 is 0 Å². The Labute approximate surface area is 476 Å². The molecule has 0 saturated heterocycles. The predicted octanol–water partition coefficient (Wildman–Crippen LogP) is 21.6. The minimum atomic E-state index is -0.904. The number of allylic oxidation sites excluding steroid dienone is 29. The van der Waals surface area contributed by atoms with Gasteiger partial charge in [0.15, 0.2) is 0 Å². The maximum Gasteiger partial charge on any atom is 0.220 e. The molecule has 0 fully saturated rings. The van der Waals surface area contributed by atoms with E-state index in [2.05, 4.69) is 189 Å². The summed E-state index contributed by atoms with van der Waals surface area (Å²) in [6.45, 7) is 4.16. The molecule has 0 spiro atoms. The molecule has 0 aromatic heterocycles. The van der Waals surface area contributed by atoms with Gasteiger partial charge in [0.2, 0.25) is 5.91 Å². The van der Waals surface area contributed by atoms with Crippen LogP contribution in [0, 0.1) is 0 Å². The Morgan fingerprint density at radius 2 is 0.584 bits per heavy atom. The molecule has 0 rings (SSSR count). The third-order valence-electron chi connectivity index (χ3n) is 13.1. The van der Waals surface area contributed by atoms with Crippen LogP contribution in [0.1, 0.15) is 251 Å². The van der Waals surface area contributed by atoms with Gasteiger partial charge in [-0.25, -0.2) is 0 Å². The van der Waals surface area contributed by atoms with Crippen LogP contribution < -0.4 is 5.32 Å². The molecule has 77 heavy (non-hydrogen) atoms. The quantitative estimate of drug-likeness (QED) is 0.0420. The highest BCUT2D eigenvalue weighted by atomic mass is 16.3. The summed E-state index contributed by atoms with van der Waals surface area (Å²) in [4.78, 5) is 12.5. The van der Waals surface area contributed by atoms with Gasteiger partial charge in [-0.1, -0.05) is 292 Å². The number of unbranched alkanes of at least 4 members (excludes halogenated alkanes) is 20. The van der Waals surface area contributed by atoms with E-state index in [-0.39, 0.29) is 12.5 Å². The highest BCUT2D eigenvalue weighted by molar-refractivity contribution is 5.76. The van der Waals surface area contributed by atoms with E-state index >= 15 is 0 Å². The molecule has 432 valence electrons. The third-order valence-corrected chi connectivity index (χ3v) is 13.1. The van der Waals surface area contributed by atoms with Crippen LogP contribution in [-0.2, 0) is 4.79 Å². The second-order valence-electron chi connectivity index (χ2n) is 20.4. The highest BCUT2D eigenvalue weighted by Gasteiger charge is 2.17.